The van der Waals surface area contributed by atoms with Crippen LogP contribution in [0, 0.1) is 0 Å². The highest BCUT2D eigenvalue weighted by atomic mass is 16.6. The molecule has 0 saturated carbocycles. The smallest absolute Gasteiger partial charge is 0.349 e. The molecule has 0 aliphatic heterocycles. The number of esters is 2. The lowest BCUT2D eigenvalue weighted by atomic mass is 10.1. The monoisotopic (exact) mass is 494 g/mol. The molecule has 2 atom stereocenters. The number of aromatic nitrogens is 1. The molecule has 0 radical (unpaired) electrons. The summed E-state index contributed by atoms with van der Waals surface area (Å²) in [6, 6.07) is 14.5. The molecule has 3 rings (SSSR count). The molecule has 11 nitrogen and oxygen atoms in total. The van der Waals surface area contributed by atoms with Gasteiger partial charge in [0, 0.05) is 18.1 Å². The number of nitrogens with one attached hydrogen (secondary N) is 1. The van der Waals surface area contributed by atoms with Gasteiger partial charge in [-0.15, -0.1) is 0 Å². The van der Waals surface area contributed by atoms with Crippen LogP contribution in [-0.2, 0) is 19.1 Å². The van der Waals surface area contributed by atoms with Crippen molar-refractivity contribution >= 4 is 29.5 Å². The van der Waals surface area contributed by atoms with E-state index in [-0.39, 0.29) is 16.8 Å². The predicted molar refractivity (Wildman–Crippen MR) is 125 cm³/mol. The number of anilines is 1. The molecule has 0 unspecified atom stereocenters. The number of rotatable bonds is 10. The fourth-order valence-electron chi connectivity index (χ4n) is 3.01. The summed E-state index contributed by atoms with van der Waals surface area (Å²) in [4.78, 5) is 54.5. The first-order chi connectivity index (χ1) is 17.3. The van der Waals surface area contributed by atoms with E-state index in [1.165, 1.54) is 75.1 Å². The number of carboxylic acids is 1. The topological polar surface area (TPSA) is 150 Å². The second-order valence-electron chi connectivity index (χ2n) is 7.18. The summed E-state index contributed by atoms with van der Waals surface area (Å²) in [7, 11) is 2.79. The molecule has 1 amide bonds. The van der Waals surface area contributed by atoms with E-state index in [4.69, 9.17) is 18.9 Å². The lowest BCUT2D eigenvalue weighted by Crippen LogP contribution is -2.48. The van der Waals surface area contributed by atoms with E-state index in [0.717, 1.165) is 0 Å². The van der Waals surface area contributed by atoms with Crippen molar-refractivity contribution in [3.63, 3.8) is 0 Å². The van der Waals surface area contributed by atoms with Crippen molar-refractivity contribution in [3.05, 3.63) is 84.2 Å². The number of aliphatic carboxylic acids is 1. The van der Waals surface area contributed by atoms with E-state index >= 15 is 0 Å². The first-order valence-electron chi connectivity index (χ1n) is 10.5. The number of hydrogen-bond acceptors (Lipinski definition) is 9. The maximum absolute atomic E-state index is 13.1. The summed E-state index contributed by atoms with van der Waals surface area (Å²) in [5.41, 5.74) is 0.202. The summed E-state index contributed by atoms with van der Waals surface area (Å²) in [6.07, 6.45) is -1.45. The molecule has 2 aromatic carbocycles. The van der Waals surface area contributed by atoms with Crippen LogP contribution in [0.25, 0.3) is 0 Å². The summed E-state index contributed by atoms with van der Waals surface area (Å²) in [6.45, 7) is 0. The molecule has 3 aromatic rings. The largest absolute Gasteiger partial charge is 0.497 e. The molecule has 0 bridgehead atoms. The third-order valence-electron chi connectivity index (χ3n) is 4.80. The predicted octanol–water partition coefficient (Wildman–Crippen LogP) is 2.57. The summed E-state index contributed by atoms with van der Waals surface area (Å²) < 4.78 is 20.5. The number of benzene rings is 2. The zero-order valence-electron chi connectivity index (χ0n) is 19.2. The number of carbonyl (C=O) groups is 4. The van der Waals surface area contributed by atoms with Gasteiger partial charge in [-0.25, -0.2) is 14.4 Å². The second-order valence-corrected chi connectivity index (χ2v) is 7.18. The van der Waals surface area contributed by atoms with Crippen LogP contribution < -0.4 is 14.8 Å². The zero-order chi connectivity index (χ0) is 26.1. The minimum atomic E-state index is -2.18. The Morgan fingerprint density at radius 3 is 1.75 bits per heavy atom. The van der Waals surface area contributed by atoms with E-state index in [2.05, 4.69) is 10.3 Å². The number of pyridine rings is 1. The van der Waals surface area contributed by atoms with Gasteiger partial charge in [0.1, 0.15) is 11.5 Å². The molecule has 0 saturated heterocycles. The molecule has 186 valence electrons. The van der Waals surface area contributed by atoms with Crippen LogP contribution in [0.2, 0.25) is 0 Å². The number of hydrogen-bond donors (Lipinski definition) is 2. The Morgan fingerprint density at radius 2 is 1.28 bits per heavy atom. The minimum Gasteiger partial charge on any atom is -0.497 e. The number of amides is 1. The minimum absolute atomic E-state index is 0.0145. The number of nitrogens with zero attached hydrogens (tertiary/aromatic N) is 1. The molecule has 36 heavy (non-hydrogen) atoms. The van der Waals surface area contributed by atoms with Gasteiger partial charge in [-0.1, -0.05) is 12.1 Å². The van der Waals surface area contributed by atoms with Crippen molar-refractivity contribution in [1.29, 1.82) is 0 Å². The van der Waals surface area contributed by atoms with Crippen molar-refractivity contribution in [2.75, 3.05) is 19.5 Å². The Bertz CT molecular complexity index is 1250. The van der Waals surface area contributed by atoms with E-state index in [9.17, 15) is 24.3 Å². The second kappa shape index (κ2) is 12.0. The Balaban J connectivity index is 1.91. The lowest BCUT2D eigenvalue weighted by molar-refractivity contribution is -0.157. The van der Waals surface area contributed by atoms with Crippen LogP contribution in [0.4, 0.5) is 5.69 Å². The van der Waals surface area contributed by atoms with E-state index < -0.39 is 36.0 Å². The van der Waals surface area contributed by atoms with Crippen LogP contribution in [0.1, 0.15) is 20.7 Å². The number of methoxy groups -OCH3 is 2. The van der Waals surface area contributed by atoms with Crippen molar-refractivity contribution < 1.29 is 43.2 Å². The third-order valence-corrected chi connectivity index (χ3v) is 4.80. The maximum atomic E-state index is 13.1. The molecular formula is C25H22N2O9. The average Bonchev–Trinajstić information content (AvgIpc) is 2.90. The fourth-order valence-corrected chi connectivity index (χ4v) is 3.01. The molecule has 0 spiro atoms. The third kappa shape index (κ3) is 6.56. The highest BCUT2D eigenvalue weighted by Gasteiger charge is 2.41. The van der Waals surface area contributed by atoms with E-state index in [1.807, 2.05) is 0 Å². The Hall–Kier alpha value is -4.93. The van der Waals surface area contributed by atoms with Crippen LogP contribution in [-0.4, -0.2) is 60.3 Å². The van der Waals surface area contributed by atoms with Crippen LogP contribution in [0.3, 0.4) is 0 Å². The SMILES string of the molecule is COc1cccc(C(=O)O[C@H](C(=O)O)[C@H](OC(=O)c2cccc(OC)c2)C(=O)Nc2ccncc2)c1. The first-order valence-corrected chi connectivity index (χ1v) is 10.5. The van der Waals surface area contributed by atoms with Gasteiger partial charge >= 0.3 is 17.9 Å². The van der Waals surface area contributed by atoms with Crippen LogP contribution in [0.5, 0.6) is 11.5 Å². The molecular weight excluding hydrogens is 472 g/mol. The Labute approximate surface area is 205 Å². The highest BCUT2D eigenvalue weighted by Crippen LogP contribution is 2.19. The normalized spacial score (nSPS) is 11.9. The Morgan fingerprint density at radius 1 is 0.778 bits per heavy atom. The molecule has 0 aliphatic rings. The van der Waals surface area contributed by atoms with Gasteiger partial charge < -0.3 is 29.4 Å². The number of carboxylic acid groups (broad SMARTS) is 1. The standard InChI is InChI=1S/C25H22N2O9/c1-33-18-7-3-5-15(13-18)24(31)35-20(22(28)27-17-9-11-26-12-10-17)21(23(29)30)36-25(32)16-6-4-8-19(14-16)34-2/h3-14,20-21H,1-2H3,(H,29,30)(H,26,27,28)/t20-,21-/m0/s1. The maximum Gasteiger partial charge on any atom is 0.349 e. The molecule has 2 N–H and O–H groups in total. The summed E-state index contributed by atoms with van der Waals surface area (Å²) in [5.74, 6) is -4.19. The number of ether oxygens (including phenoxy) is 4. The van der Waals surface area contributed by atoms with Gasteiger partial charge in [0.25, 0.3) is 5.91 Å². The van der Waals surface area contributed by atoms with Crippen molar-refractivity contribution in [3.8, 4) is 11.5 Å². The summed E-state index contributed by atoms with van der Waals surface area (Å²) >= 11 is 0. The van der Waals surface area contributed by atoms with Crippen molar-refractivity contribution in [2.24, 2.45) is 0 Å². The van der Waals surface area contributed by atoms with Gasteiger partial charge in [0.15, 0.2) is 0 Å². The van der Waals surface area contributed by atoms with Gasteiger partial charge in [0.05, 0.1) is 25.3 Å². The molecule has 0 aliphatic carbocycles. The van der Waals surface area contributed by atoms with E-state index in [1.54, 1.807) is 12.1 Å². The lowest BCUT2D eigenvalue weighted by Gasteiger charge is -2.23. The van der Waals surface area contributed by atoms with E-state index in [0.29, 0.717) is 11.5 Å². The average molecular weight is 494 g/mol. The Kier molecular flexibility index (Phi) is 8.54. The fraction of sp³-hybridized carbons (Fsp3) is 0.160. The molecule has 1 heterocycles. The van der Waals surface area contributed by atoms with Crippen LogP contribution >= 0.6 is 0 Å². The van der Waals surface area contributed by atoms with Gasteiger partial charge in [-0.3, -0.25) is 9.78 Å². The van der Waals surface area contributed by atoms with Crippen molar-refractivity contribution in [1.82, 2.24) is 4.98 Å². The van der Waals surface area contributed by atoms with Gasteiger partial charge in [0.2, 0.25) is 12.2 Å². The summed E-state index contributed by atoms with van der Waals surface area (Å²) in [5, 5.41) is 12.3. The molecule has 11 heteroatoms. The molecule has 1 aromatic heterocycles. The van der Waals surface area contributed by atoms with Gasteiger partial charge in [-0.05, 0) is 48.5 Å². The van der Waals surface area contributed by atoms with Crippen molar-refractivity contribution in [2.45, 2.75) is 12.2 Å². The van der Waals surface area contributed by atoms with Gasteiger partial charge in [-0.2, -0.15) is 0 Å². The zero-order valence-corrected chi connectivity index (χ0v) is 19.2. The van der Waals surface area contributed by atoms with Crippen LogP contribution in [0.15, 0.2) is 73.1 Å². The first kappa shape index (κ1) is 25.7. The highest BCUT2D eigenvalue weighted by molar-refractivity contribution is 6.01. The molecule has 0 fully saturated rings. The number of carbonyl (C=O) groups excluding carboxylic acids is 3. The quantitative estimate of drug-likeness (QED) is 0.403.